The Kier molecular flexibility index (Phi) is 5.36. The van der Waals surface area contributed by atoms with Gasteiger partial charge in [-0.25, -0.2) is 24.9 Å². The Labute approximate surface area is 189 Å². The van der Waals surface area contributed by atoms with E-state index in [0.29, 0.717) is 50.5 Å². The Morgan fingerprint density at radius 2 is 2.00 bits per heavy atom. The summed E-state index contributed by atoms with van der Waals surface area (Å²) in [4.78, 5) is 22.6. The standard InChI is InChI=1S/C22H22ClN7O2/c1-12-28-19(20-22(29-12)30(11-27-20)16-5-3-4-8-32-16)18-17(14(23)10-26-21(18)24)13-6-7-15(31-2)25-9-13/h6-7,9-11,16H,3-5,8H2,1-2H3,(H2,24,26). The van der Waals surface area contributed by atoms with Crippen molar-refractivity contribution in [3.05, 3.63) is 41.7 Å². The Balaban J connectivity index is 1.74. The van der Waals surface area contributed by atoms with Gasteiger partial charge in [-0.05, 0) is 32.3 Å². The van der Waals surface area contributed by atoms with Gasteiger partial charge in [0.2, 0.25) is 5.88 Å². The van der Waals surface area contributed by atoms with Gasteiger partial charge in [-0.3, -0.25) is 4.57 Å². The van der Waals surface area contributed by atoms with E-state index in [4.69, 9.17) is 31.8 Å². The van der Waals surface area contributed by atoms with E-state index in [9.17, 15) is 0 Å². The number of imidazole rings is 1. The second kappa shape index (κ2) is 8.33. The van der Waals surface area contributed by atoms with Crippen LogP contribution >= 0.6 is 11.6 Å². The van der Waals surface area contributed by atoms with Gasteiger partial charge in [0.05, 0.1) is 24.0 Å². The minimum Gasteiger partial charge on any atom is -0.481 e. The maximum atomic E-state index is 6.61. The van der Waals surface area contributed by atoms with Crippen LogP contribution in [0.4, 0.5) is 5.82 Å². The average molecular weight is 452 g/mol. The van der Waals surface area contributed by atoms with Gasteiger partial charge in [0.1, 0.15) is 29.1 Å². The first-order valence-corrected chi connectivity index (χ1v) is 10.7. The lowest BCUT2D eigenvalue weighted by molar-refractivity contribution is -0.0298. The normalized spacial score (nSPS) is 16.4. The van der Waals surface area contributed by atoms with Crippen LogP contribution < -0.4 is 10.5 Å². The van der Waals surface area contributed by atoms with Gasteiger partial charge in [0.25, 0.3) is 0 Å². The van der Waals surface area contributed by atoms with Crippen molar-refractivity contribution in [2.75, 3.05) is 19.5 Å². The minimum absolute atomic E-state index is 0.101. The van der Waals surface area contributed by atoms with Crippen molar-refractivity contribution in [3.63, 3.8) is 0 Å². The molecule has 0 aliphatic carbocycles. The maximum absolute atomic E-state index is 6.61. The van der Waals surface area contributed by atoms with Crippen LogP contribution in [0.5, 0.6) is 5.88 Å². The third-order valence-corrected chi connectivity index (χ3v) is 5.82. The topological polar surface area (TPSA) is 114 Å². The van der Waals surface area contributed by atoms with E-state index < -0.39 is 0 Å². The number of aryl methyl sites for hydroxylation is 1. The fourth-order valence-electron chi connectivity index (χ4n) is 4.03. The predicted octanol–water partition coefficient (Wildman–Crippen LogP) is 4.20. The predicted molar refractivity (Wildman–Crippen MR) is 121 cm³/mol. The number of anilines is 1. The van der Waals surface area contributed by atoms with Crippen LogP contribution in [0, 0.1) is 6.92 Å². The SMILES string of the molecule is COc1ccc(-c2c(Cl)cnc(N)c2-c2nc(C)nc3c2ncn3C2CCCCO2)cn1. The van der Waals surface area contributed by atoms with E-state index in [1.165, 1.54) is 6.20 Å². The van der Waals surface area contributed by atoms with Gasteiger partial charge < -0.3 is 15.2 Å². The van der Waals surface area contributed by atoms with Crippen molar-refractivity contribution in [1.82, 2.24) is 29.5 Å². The molecule has 32 heavy (non-hydrogen) atoms. The minimum atomic E-state index is -0.101. The summed E-state index contributed by atoms with van der Waals surface area (Å²) in [7, 11) is 1.57. The van der Waals surface area contributed by atoms with Crippen LogP contribution in [-0.4, -0.2) is 43.2 Å². The Hall–Kier alpha value is -3.30. The third kappa shape index (κ3) is 3.53. The van der Waals surface area contributed by atoms with Crippen molar-refractivity contribution >= 4 is 28.6 Å². The number of hydrogen-bond donors (Lipinski definition) is 1. The number of nitrogens with two attached hydrogens (primary N) is 1. The molecule has 5 heterocycles. The van der Waals surface area contributed by atoms with Gasteiger partial charge in [0, 0.05) is 36.2 Å². The molecule has 0 bridgehead atoms. The number of fused-ring (bicyclic) bond motifs is 1. The molecular formula is C22H22ClN7O2. The van der Waals surface area contributed by atoms with Crippen molar-refractivity contribution in [3.8, 4) is 28.3 Å². The molecule has 5 rings (SSSR count). The van der Waals surface area contributed by atoms with Crippen molar-refractivity contribution in [2.24, 2.45) is 0 Å². The summed E-state index contributed by atoms with van der Waals surface area (Å²) in [5, 5.41) is 0.431. The summed E-state index contributed by atoms with van der Waals surface area (Å²) in [6, 6.07) is 3.64. The highest BCUT2D eigenvalue weighted by Gasteiger charge is 2.25. The van der Waals surface area contributed by atoms with E-state index >= 15 is 0 Å². The lowest BCUT2D eigenvalue weighted by Crippen LogP contribution is -2.18. The molecule has 0 aromatic carbocycles. The highest BCUT2D eigenvalue weighted by atomic mass is 35.5. The Bertz CT molecular complexity index is 1280. The smallest absolute Gasteiger partial charge is 0.212 e. The number of hydrogen-bond acceptors (Lipinski definition) is 8. The molecular weight excluding hydrogens is 430 g/mol. The zero-order valence-corrected chi connectivity index (χ0v) is 18.5. The molecule has 9 nitrogen and oxygen atoms in total. The second-order valence-electron chi connectivity index (χ2n) is 7.60. The molecule has 1 fully saturated rings. The molecule has 4 aromatic heterocycles. The van der Waals surface area contributed by atoms with Gasteiger partial charge in [-0.1, -0.05) is 11.6 Å². The zero-order chi connectivity index (χ0) is 22.2. The van der Waals surface area contributed by atoms with Crippen LogP contribution in [-0.2, 0) is 4.74 Å². The molecule has 1 saturated heterocycles. The number of methoxy groups -OCH3 is 1. The summed E-state index contributed by atoms with van der Waals surface area (Å²) in [6.45, 7) is 2.56. The van der Waals surface area contributed by atoms with Crippen molar-refractivity contribution < 1.29 is 9.47 Å². The summed E-state index contributed by atoms with van der Waals surface area (Å²) in [6.07, 6.45) is 7.93. The molecule has 4 aromatic rings. The molecule has 1 atom stereocenters. The fraction of sp³-hybridized carbons (Fsp3) is 0.318. The number of aromatic nitrogens is 6. The van der Waals surface area contributed by atoms with E-state index in [2.05, 4.69) is 19.9 Å². The molecule has 0 radical (unpaired) electrons. The summed E-state index contributed by atoms with van der Waals surface area (Å²) in [5.41, 5.74) is 10.3. The summed E-state index contributed by atoms with van der Waals surface area (Å²) < 4.78 is 13.1. The average Bonchev–Trinajstić information content (AvgIpc) is 3.24. The first-order chi connectivity index (χ1) is 15.6. The van der Waals surface area contributed by atoms with Crippen LogP contribution in [0.1, 0.15) is 31.3 Å². The monoisotopic (exact) mass is 451 g/mol. The van der Waals surface area contributed by atoms with Crippen LogP contribution in [0.3, 0.4) is 0 Å². The van der Waals surface area contributed by atoms with Gasteiger partial charge in [-0.2, -0.15) is 0 Å². The summed E-state index contributed by atoms with van der Waals surface area (Å²) in [5.74, 6) is 1.38. The first-order valence-electron chi connectivity index (χ1n) is 10.3. The van der Waals surface area contributed by atoms with Gasteiger partial charge in [0.15, 0.2) is 5.65 Å². The molecule has 0 amide bonds. The number of ether oxygens (including phenoxy) is 2. The quantitative estimate of drug-likeness (QED) is 0.491. The molecule has 10 heteroatoms. The Morgan fingerprint density at radius 3 is 2.72 bits per heavy atom. The molecule has 1 aliphatic rings. The third-order valence-electron chi connectivity index (χ3n) is 5.53. The highest BCUT2D eigenvalue weighted by molar-refractivity contribution is 6.34. The van der Waals surface area contributed by atoms with E-state index in [1.54, 1.807) is 25.7 Å². The van der Waals surface area contributed by atoms with Crippen molar-refractivity contribution in [1.29, 1.82) is 0 Å². The van der Waals surface area contributed by atoms with Crippen LogP contribution in [0.2, 0.25) is 5.02 Å². The van der Waals surface area contributed by atoms with Crippen molar-refractivity contribution in [2.45, 2.75) is 32.4 Å². The largest absolute Gasteiger partial charge is 0.481 e. The molecule has 0 spiro atoms. The molecule has 1 unspecified atom stereocenters. The Morgan fingerprint density at radius 1 is 1.12 bits per heavy atom. The first kappa shape index (κ1) is 20.6. The second-order valence-corrected chi connectivity index (χ2v) is 8.00. The number of nitrogens with zero attached hydrogens (tertiary/aromatic N) is 6. The summed E-state index contributed by atoms with van der Waals surface area (Å²) >= 11 is 6.61. The number of rotatable bonds is 4. The number of nitrogen functional groups attached to an aromatic ring is 1. The zero-order valence-electron chi connectivity index (χ0n) is 17.7. The van der Waals surface area contributed by atoms with Crippen LogP contribution in [0.25, 0.3) is 33.5 Å². The van der Waals surface area contributed by atoms with E-state index in [0.717, 1.165) is 31.4 Å². The van der Waals surface area contributed by atoms with Crippen LogP contribution in [0.15, 0.2) is 30.9 Å². The fourth-order valence-corrected chi connectivity index (χ4v) is 4.28. The van der Waals surface area contributed by atoms with Gasteiger partial charge in [-0.15, -0.1) is 0 Å². The molecule has 1 aliphatic heterocycles. The lowest BCUT2D eigenvalue weighted by Gasteiger charge is -2.23. The molecule has 164 valence electrons. The molecule has 0 saturated carbocycles. The number of halogens is 1. The molecule has 2 N–H and O–H groups in total. The lowest BCUT2D eigenvalue weighted by atomic mass is 9.99. The van der Waals surface area contributed by atoms with Gasteiger partial charge >= 0.3 is 0 Å². The van der Waals surface area contributed by atoms with E-state index in [1.807, 2.05) is 17.6 Å². The maximum Gasteiger partial charge on any atom is 0.212 e. The number of pyridine rings is 2. The highest BCUT2D eigenvalue weighted by Crippen LogP contribution is 2.41. The van der Waals surface area contributed by atoms with E-state index in [-0.39, 0.29) is 6.23 Å².